The molecule has 114 valence electrons. The molecule has 2 aromatic heterocycles. The van der Waals surface area contributed by atoms with Gasteiger partial charge in [0.1, 0.15) is 0 Å². The van der Waals surface area contributed by atoms with Crippen LogP contribution >= 0.6 is 23.7 Å². The van der Waals surface area contributed by atoms with Crippen molar-refractivity contribution in [1.82, 2.24) is 15.0 Å². The maximum Gasteiger partial charge on any atom is 0.227 e. The molecule has 0 radical (unpaired) electrons. The molecule has 6 nitrogen and oxygen atoms in total. The van der Waals surface area contributed by atoms with Gasteiger partial charge in [0.05, 0.1) is 0 Å². The molecule has 1 saturated heterocycles. The van der Waals surface area contributed by atoms with Crippen molar-refractivity contribution in [1.29, 1.82) is 0 Å². The van der Waals surface area contributed by atoms with E-state index in [9.17, 15) is 4.79 Å². The lowest BCUT2D eigenvalue weighted by molar-refractivity contribution is -0.130. The lowest BCUT2D eigenvalue weighted by atomic mass is 10.2. The summed E-state index contributed by atoms with van der Waals surface area (Å²) in [4.78, 5) is 18.1. The Morgan fingerprint density at radius 2 is 2.43 bits per heavy atom. The topological polar surface area (TPSA) is 85.2 Å². The zero-order valence-corrected chi connectivity index (χ0v) is 13.0. The smallest absolute Gasteiger partial charge is 0.227 e. The quantitative estimate of drug-likeness (QED) is 0.923. The first-order chi connectivity index (χ1) is 9.72. The number of hydrogen-bond donors (Lipinski definition) is 1. The van der Waals surface area contributed by atoms with Gasteiger partial charge < -0.3 is 15.2 Å². The highest BCUT2D eigenvalue weighted by Crippen LogP contribution is 2.19. The molecule has 0 bridgehead atoms. The lowest BCUT2D eigenvalue weighted by Crippen LogP contribution is -2.31. The van der Waals surface area contributed by atoms with Crippen LogP contribution in [0.3, 0.4) is 0 Å². The van der Waals surface area contributed by atoms with Gasteiger partial charge in [0, 0.05) is 42.9 Å². The number of aromatic nitrogens is 2. The predicted molar refractivity (Wildman–Crippen MR) is 82.4 cm³/mol. The maximum atomic E-state index is 12.0. The number of aryl methyl sites for hydroxylation is 1. The van der Waals surface area contributed by atoms with Crippen LogP contribution in [-0.4, -0.2) is 40.1 Å². The summed E-state index contributed by atoms with van der Waals surface area (Å²) < 4.78 is 5.17. The van der Waals surface area contributed by atoms with Crippen LogP contribution in [0.15, 0.2) is 21.3 Å². The van der Waals surface area contributed by atoms with E-state index in [1.165, 1.54) is 0 Å². The number of thiophene rings is 1. The van der Waals surface area contributed by atoms with E-state index >= 15 is 0 Å². The molecule has 2 N–H and O–H groups in total. The minimum Gasteiger partial charge on any atom is -0.341 e. The fourth-order valence-corrected chi connectivity index (χ4v) is 2.89. The van der Waals surface area contributed by atoms with Crippen LogP contribution in [0, 0.1) is 0 Å². The van der Waals surface area contributed by atoms with Crippen molar-refractivity contribution in [2.75, 3.05) is 13.1 Å². The monoisotopic (exact) mass is 328 g/mol. The summed E-state index contributed by atoms with van der Waals surface area (Å²) in [6.45, 7) is 1.41. The van der Waals surface area contributed by atoms with Crippen molar-refractivity contribution in [3.05, 3.63) is 22.7 Å². The summed E-state index contributed by atoms with van der Waals surface area (Å²) in [5.41, 5.74) is 6.74. The number of carbonyl (C=O) groups is 1. The van der Waals surface area contributed by atoms with Crippen molar-refractivity contribution < 1.29 is 9.32 Å². The molecular weight excluding hydrogens is 312 g/mol. The highest BCUT2D eigenvalue weighted by Gasteiger charge is 2.23. The largest absolute Gasteiger partial charge is 0.341 e. The summed E-state index contributed by atoms with van der Waals surface area (Å²) >= 11 is 1.58. The average molecular weight is 329 g/mol. The van der Waals surface area contributed by atoms with E-state index in [1.807, 2.05) is 16.8 Å². The van der Waals surface area contributed by atoms with E-state index in [0.29, 0.717) is 31.1 Å². The zero-order chi connectivity index (χ0) is 13.9. The number of halogens is 1. The van der Waals surface area contributed by atoms with Crippen LogP contribution in [0.2, 0.25) is 0 Å². The molecule has 1 aliphatic rings. The van der Waals surface area contributed by atoms with Crippen molar-refractivity contribution in [2.24, 2.45) is 5.73 Å². The Balaban J connectivity index is 0.00000161. The Morgan fingerprint density at radius 1 is 1.57 bits per heavy atom. The van der Waals surface area contributed by atoms with Gasteiger partial charge in [-0.1, -0.05) is 5.16 Å². The third-order valence-electron chi connectivity index (χ3n) is 3.38. The van der Waals surface area contributed by atoms with Gasteiger partial charge in [-0.15, -0.1) is 12.4 Å². The van der Waals surface area contributed by atoms with Crippen molar-refractivity contribution in [2.45, 2.75) is 25.3 Å². The van der Waals surface area contributed by atoms with Crippen molar-refractivity contribution >= 4 is 29.7 Å². The van der Waals surface area contributed by atoms with Crippen LogP contribution in [0.1, 0.15) is 18.7 Å². The average Bonchev–Trinajstić information content (AvgIpc) is 3.16. The van der Waals surface area contributed by atoms with Gasteiger partial charge in [-0.25, -0.2) is 0 Å². The fourth-order valence-electron chi connectivity index (χ4n) is 2.25. The molecule has 1 aliphatic heterocycles. The molecule has 8 heteroatoms. The zero-order valence-electron chi connectivity index (χ0n) is 11.4. The van der Waals surface area contributed by atoms with Crippen molar-refractivity contribution in [3.8, 4) is 11.4 Å². The second-order valence-electron chi connectivity index (χ2n) is 4.91. The number of nitrogens with zero attached hydrogens (tertiary/aromatic N) is 3. The van der Waals surface area contributed by atoms with Crippen LogP contribution < -0.4 is 5.73 Å². The van der Waals surface area contributed by atoms with E-state index in [4.69, 9.17) is 10.3 Å². The Morgan fingerprint density at radius 3 is 3.10 bits per heavy atom. The molecule has 1 atom stereocenters. The second kappa shape index (κ2) is 7.02. The van der Waals surface area contributed by atoms with Crippen LogP contribution in [-0.2, 0) is 11.2 Å². The van der Waals surface area contributed by atoms with Crippen LogP contribution in [0.5, 0.6) is 0 Å². The SMILES string of the molecule is Cl.N[C@@H]1CCN(C(=O)CCc2nc(-c3ccsc3)no2)C1. The standard InChI is InChI=1S/C13H16N4O2S.ClH/c14-10-3-5-17(7-10)12(18)2-1-11-15-13(16-19-11)9-4-6-20-8-9;/h4,6,8,10H,1-3,5,7,14H2;1H/t10-;/m1./s1. The van der Waals surface area contributed by atoms with E-state index in [2.05, 4.69) is 10.1 Å². The first kappa shape index (κ1) is 15.9. The Kier molecular flexibility index (Phi) is 5.33. The number of amides is 1. The van der Waals surface area contributed by atoms with Gasteiger partial charge in [-0.2, -0.15) is 16.3 Å². The van der Waals surface area contributed by atoms with Crippen molar-refractivity contribution in [3.63, 3.8) is 0 Å². The molecule has 0 aromatic carbocycles. The van der Waals surface area contributed by atoms with Crippen LogP contribution in [0.4, 0.5) is 0 Å². The van der Waals surface area contributed by atoms with Gasteiger partial charge in [-0.05, 0) is 17.9 Å². The number of carbonyl (C=O) groups excluding carboxylic acids is 1. The molecule has 0 saturated carbocycles. The van der Waals surface area contributed by atoms with E-state index in [1.54, 1.807) is 16.2 Å². The third kappa shape index (κ3) is 3.81. The number of hydrogen-bond acceptors (Lipinski definition) is 6. The summed E-state index contributed by atoms with van der Waals surface area (Å²) in [6, 6.07) is 2.06. The molecule has 0 unspecified atom stereocenters. The molecular formula is C13H17ClN4O2S. The second-order valence-corrected chi connectivity index (χ2v) is 5.69. The maximum absolute atomic E-state index is 12.0. The summed E-state index contributed by atoms with van der Waals surface area (Å²) in [6.07, 6.45) is 1.74. The predicted octanol–water partition coefficient (Wildman–Crippen LogP) is 1.71. The fraction of sp³-hybridized carbons (Fsp3) is 0.462. The van der Waals surface area contributed by atoms with Gasteiger partial charge in [0.2, 0.25) is 17.6 Å². The molecule has 3 heterocycles. The van der Waals surface area contributed by atoms with Gasteiger partial charge in [0.15, 0.2) is 0 Å². The van der Waals surface area contributed by atoms with E-state index in [0.717, 1.165) is 18.5 Å². The van der Waals surface area contributed by atoms with E-state index < -0.39 is 0 Å². The highest BCUT2D eigenvalue weighted by atomic mass is 35.5. The molecule has 1 amide bonds. The highest BCUT2D eigenvalue weighted by molar-refractivity contribution is 7.08. The van der Waals surface area contributed by atoms with Crippen LogP contribution in [0.25, 0.3) is 11.4 Å². The molecule has 21 heavy (non-hydrogen) atoms. The first-order valence-corrected chi connectivity index (χ1v) is 7.55. The van der Waals surface area contributed by atoms with E-state index in [-0.39, 0.29) is 24.4 Å². The summed E-state index contributed by atoms with van der Waals surface area (Å²) in [5.74, 6) is 1.19. The minimum atomic E-state index is 0. The normalized spacial score (nSPS) is 17.8. The number of rotatable bonds is 4. The molecule has 3 rings (SSSR count). The molecule has 0 aliphatic carbocycles. The van der Waals surface area contributed by atoms with Gasteiger partial charge >= 0.3 is 0 Å². The summed E-state index contributed by atoms with van der Waals surface area (Å²) in [5, 5.41) is 7.85. The minimum absolute atomic E-state index is 0. The third-order valence-corrected chi connectivity index (χ3v) is 4.06. The molecule has 2 aromatic rings. The lowest BCUT2D eigenvalue weighted by Gasteiger charge is -2.14. The molecule has 1 fully saturated rings. The Bertz CT molecular complexity index is 587. The first-order valence-electron chi connectivity index (χ1n) is 6.61. The molecule has 0 spiro atoms. The van der Waals surface area contributed by atoms with Gasteiger partial charge in [-0.3, -0.25) is 4.79 Å². The number of likely N-dealkylation sites (tertiary alicyclic amines) is 1. The Hall–Kier alpha value is -1.44. The summed E-state index contributed by atoms with van der Waals surface area (Å²) in [7, 11) is 0. The van der Waals surface area contributed by atoms with Gasteiger partial charge in [0.25, 0.3) is 0 Å². The Labute approximate surface area is 132 Å². The number of nitrogens with two attached hydrogens (primary N) is 1.